The average Bonchev–Trinajstić information content (AvgIpc) is 3.07. The number of anilines is 1. The second kappa shape index (κ2) is 5.84. The molecule has 3 rings (SSSR count). The Hall–Kier alpha value is -3.29. The van der Waals surface area contributed by atoms with Crippen LogP contribution in [0.2, 0.25) is 0 Å². The Kier molecular flexibility index (Phi) is 3.71. The molecule has 8 heteroatoms. The SMILES string of the molecule is COC1=CC(c2ccn[nH]2)=C(C(=O)O)N(c2cccc(F)c2)N1. The molecular formula is C15H13FN4O3. The second-order valence-corrected chi connectivity index (χ2v) is 4.68. The third kappa shape index (κ3) is 2.73. The van der Waals surface area contributed by atoms with Gasteiger partial charge in [-0.3, -0.25) is 10.5 Å². The summed E-state index contributed by atoms with van der Waals surface area (Å²) in [7, 11) is 1.44. The molecule has 0 amide bonds. The maximum Gasteiger partial charge on any atom is 0.355 e. The maximum atomic E-state index is 13.5. The first-order valence-corrected chi connectivity index (χ1v) is 6.65. The monoisotopic (exact) mass is 316 g/mol. The van der Waals surface area contributed by atoms with E-state index < -0.39 is 11.8 Å². The number of hydrazine groups is 1. The van der Waals surface area contributed by atoms with Gasteiger partial charge < -0.3 is 9.84 Å². The number of nitrogens with zero attached hydrogens (tertiary/aromatic N) is 2. The van der Waals surface area contributed by atoms with Gasteiger partial charge in [0.1, 0.15) is 5.82 Å². The van der Waals surface area contributed by atoms with Gasteiger partial charge in [0.15, 0.2) is 5.70 Å². The van der Waals surface area contributed by atoms with E-state index in [-0.39, 0.29) is 5.70 Å². The summed E-state index contributed by atoms with van der Waals surface area (Å²) in [5, 5.41) is 17.4. The number of carbonyl (C=O) groups is 1. The van der Waals surface area contributed by atoms with E-state index in [1.807, 2.05) is 0 Å². The van der Waals surface area contributed by atoms with E-state index in [1.165, 1.54) is 42.6 Å². The molecule has 0 saturated heterocycles. The lowest BCUT2D eigenvalue weighted by Crippen LogP contribution is -2.43. The van der Waals surface area contributed by atoms with Crippen LogP contribution in [-0.2, 0) is 9.53 Å². The van der Waals surface area contributed by atoms with Crippen LogP contribution in [0.5, 0.6) is 0 Å². The van der Waals surface area contributed by atoms with Crippen molar-refractivity contribution in [2.45, 2.75) is 0 Å². The zero-order valence-corrected chi connectivity index (χ0v) is 12.1. The number of H-pyrrole nitrogens is 1. The number of methoxy groups -OCH3 is 1. The van der Waals surface area contributed by atoms with Crippen LogP contribution >= 0.6 is 0 Å². The second-order valence-electron chi connectivity index (χ2n) is 4.68. The molecule has 2 heterocycles. The lowest BCUT2D eigenvalue weighted by atomic mass is 10.1. The Labute approximate surface area is 130 Å². The minimum absolute atomic E-state index is 0.0827. The van der Waals surface area contributed by atoms with Gasteiger partial charge in [0.2, 0.25) is 5.88 Å². The predicted octanol–water partition coefficient (Wildman–Crippen LogP) is 1.86. The summed E-state index contributed by atoms with van der Waals surface area (Å²) in [5.74, 6) is -1.35. The molecule has 0 radical (unpaired) electrons. The van der Waals surface area contributed by atoms with Crippen LogP contribution in [-0.4, -0.2) is 28.4 Å². The Bertz CT molecular complexity index is 799. The Balaban J connectivity index is 2.19. The van der Waals surface area contributed by atoms with Gasteiger partial charge in [-0.1, -0.05) is 6.07 Å². The van der Waals surface area contributed by atoms with E-state index in [1.54, 1.807) is 12.1 Å². The Morgan fingerprint density at radius 3 is 2.83 bits per heavy atom. The van der Waals surface area contributed by atoms with Crippen molar-refractivity contribution in [2.24, 2.45) is 0 Å². The van der Waals surface area contributed by atoms with Gasteiger partial charge >= 0.3 is 5.97 Å². The van der Waals surface area contributed by atoms with Crippen molar-refractivity contribution in [1.29, 1.82) is 0 Å². The number of hydrogen-bond donors (Lipinski definition) is 3. The topological polar surface area (TPSA) is 90.5 Å². The number of rotatable bonds is 4. The molecule has 7 nitrogen and oxygen atoms in total. The average molecular weight is 316 g/mol. The summed E-state index contributed by atoms with van der Waals surface area (Å²) < 4.78 is 18.7. The number of nitrogens with one attached hydrogen (secondary N) is 2. The van der Waals surface area contributed by atoms with Gasteiger partial charge in [-0.25, -0.2) is 14.2 Å². The van der Waals surface area contributed by atoms with Gasteiger partial charge in [0.05, 0.1) is 18.5 Å². The van der Waals surface area contributed by atoms with Gasteiger partial charge in [-0.05, 0) is 24.3 Å². The minimum atomic E-state index is -1.18. The van der Waals surface area contributed by atoms with Crippen molar-refractivity contribution in [2.75, 3.05) is 12.1 Å². The normalized spacial score (nSPS) is 14.3. The van der Waals surface area contributed by atoms with Gasteiger partial charge in [0, 0.05) is 17.8 Å². The Morgan fingerprint density at radius 1 is 1.39 bits per heavy atom. The van der Waals surface area contributed by atoms with Crippen molar-refractivity contribution < 1.29 is 19.0 Å². The van der Waals surface area contributed by atoms with Crippen molar-refractivity contribution >= 4 is 17.2 Å². The summed E-state index contributed by atoms with van der Waals surface area (Å²) in [6.45, 7) is 0. The lowest BCUT2D eigenvalue weighted by Gasteiger charge is -2.31. The van der Waals surface area contributed by atoms with Crippen molar-refractivity contribution in [3.8, 4) is 0 Å². The summed E-state index contributed by atoms with van der Waals surface area (Å²) >= 11 is 0. The van der Waals surface area contributed by atoms with Crippen LogP contribution in [0.3, 0.4) is 0 Å². The number of carboxylic acid groups (broad SMARTS) is 1. The smallest absolute Gasteiger partial charge is 0.355 e. The largest absolute Gasteiger partial charge is 0.481 e. The van der Waals surface area contributed by atoms with Gasteiger partial charge in [-0.2, -0.15) is 5.10 Å². The first-order chi connectivity index (χ1) is 11.1. The molecule has 0 atom stereocenters. The zero-order chi connectivity index (χ0) is 16.4. The van der Waals surface area contributed by atoms with Crippen LogP contribution < -0.4 is 10.4 Å². The Morgan fingerprint density at radius 2 is 2.22 bits per heavy atom. The molecular weight excluding hydrogens is 303 g/mol. The summed E-state index contributed by atoms with van der Waals surface area (Å²) in [4.78, 5) is 11.8. The molecule has 1 aliphatic heterocycles. The van der Waals surface area contributed by atoms with E-state index in [4.69, 9.17) is 4.74 Å². The number of hydrogen-bond acceptors (Lipinski definition) is 5. The molecule has 23 heavy (non-hydrogen) atoms. The summed E-state index contributed by atoms with van der Waals surface area (Å²) in [6.07, 6.45) is 3.05. The van der Waals surface area contributed by atoms with Gasteiger partial charge in [-0.15, -0.1) is 0 Å². The van der Waals surface area contributed by atoms with Crippen molar-refractivity contribution in [3.05, 3.63) is 65.7 Å². The minimum Gasteiger partial charge on any atom is -0.481 e. The van der Waals surface area contributed by atoms with Crippen LogP contribution in [0.1, 0.15) is 5.69 Å². The van der Waals surface area contributed by atoms with Crippen LogP contribution in [0.4, 0.5) is 10.1 Å². The predicted molar refractivity (Wildman–Crippen MR) is 80.3 cm³/mol. The van der Waals surface area contributed by atoms with E-state index in [0.29, 0.717) is 22.8 Å². The number of aromatic amines is 1. The highest BCUT2D eigenvalue weighted by Gasteiger charge is 2.29. The summed E-state index contributed by atoms with van der Waals surface area (Å²) in [6, 6.07) is 7.21. The van der Waals surface area contributed by atoms with E-state index in [2.05, 4.69) is 15.6 Å². The molecule has 1 aromatic carbocycles. The molecule has 0 unspecified atom stereocenters. The third-order valence-electron chi connectivity index (χ3n) is 3.26. The molecule has 2 aromatic rings. The van der Waals surface area contributed by atoms with Crippen LogP contribution in [0.25, 0.3) is 5.57 Å². The van der Waals surface area contributed by atoms with Crippen LogP contribution in [0, 0.1) is 5.82 Å². The number of aliphatic carboxylic acids is 1. The third-order valence-corrected chi connectivity index (χ3v) is 3.26. The number of allylic oxidation sites excluding steroid dienone is 2. The highest BCUT2D eigenvalue weighted by Crippen LogP contribution is 2.30. The number of benzene rings is 1. The lowest BCUT2D eigenvalue weighted by molar-refractivity contribution is -0.132. The quantitative estimate of drug-likeness (QED) is 0.797. The van der Waals surface area contributed by atoms with E-state index in [0.717, 1.165) is 0 Å². The molecule has 0 saturated carbocycles. The fraction of sp³-hybridized carbons (Fsp3) is 0.0667. The van der Waals surface area contributed by atoms with Gasteiger partial charge in [0.25, 0.3) is 0 Å². The van der Waals surface area contributed by atoms with E-state index >= 15 is 0 Å². The molecule has 1 aromatic heterocycles. The van der Waals surface area contributed by atoms with Crippen molar-refractivity contribution in [3.63, 3.8) is 0 Å². The number of ether oxygens (including phenoxy) is 1. The molecule has 0 aliphatic carbocycles. The zero-order valence-electron chi connectivity index (χ0n) is 12.1. The molecule has 0 fully saturated rings. The molecule has 0 spiro atoms. The first kappa shape index (κ1) is 14.6. The number of carboxylic acids is 1. The standard InChI is InChI=1S/C15H13FN4O3/c1-23-13-8-11(12-5-6-17-18-12)14(15(21)22)20(19-13)10-4-2-3-9(16)7-10/h2-8,19H,1H3,(H,17,18)(H,21,22). The molecule has 118 valence electrons. The fourth-order valence-electron chi connectivity index (χ4n) is 2.25. The number of aromatic nitrogens is 2. The fourth-order valence-corrected chi connectivity index (χ4v) is 2.25. The number of halogens is 1. The first-order valence-electron chi connectivity index (χ1n) is 6.65. The highest BCUT2D eigenvalue weighted by molar-refractivity contribution is 6.02. The molecule has 1 aliphatic rings. The molecule has 3 N–H and O–H groups in total. The van der Waals surface area contributed by atoms with Crippen LogP contribution in [0.15, 0.2) is 54.2 Å². The summed E-state index contributed by atoms with van der Waals surface area (Å²) in [5.41, 5.74) is 3.90. The molecule has 0 bridgehead atoms. The highest BCUT2D eigenvalue weighted by atomic mass is 19.1. The van der Waals surface area contributed by atoms with Crippen molar-refractivity contribution in [1.82, 2.24) is 15.6 Å². The maximum absolute atomic E-state index is 13.5. The van der Waals surface area contributed by atoms with E-state index in [9.17, 15) is 14.3 Å².